The molecule has 0 saturated carbocycles. The average molecular weight is 324 g/mol. The molecule has 0 unspecified atom stereocenters. The molecule has 122 valence electrons. The van der Waals surface area contributed by atoms with Gasteiger partial charge in [-0.25, -0.2) is 0 Å². The largest absolute Gasteiger partial charge is 0.381 e. The second kappa shape index (κ2) is 8.29. The molecule has 0 bridgehead atoms. The Kier molecular flexibility index (Phi) is 6.39. The van der Waals surface area contributed by atoms with E-state index in [0.717, 1.165) is 31.1 Å². The minimum Gasteiger partial charge on any atom is -0.381 e. The third-order valence-corrected chi connectivity index (χ3v) is 4.87. The van der Waals surface area contributed by atoms with Gasteiger partial charge in [-0.05, 0) is 24.8 Å². The fourth-order valence-corrected chi connectivity index (χ4v) is 3.49. The summed E-state index contributed by atoms with van der Waals surface area (Å²) in [7, 11) is 0. The highest BCUT2D eigenvalue weighted by molar-refractivity contribution is 7.10. The molecule has 2 amide bonds. The number of ether oxygens (including phenoxy) is 1. The highest BCUT2D eigenvalue weighted by Gasteiger charge is 2.25. The highest BCUT2D eigenvalue weighted by Crippen LogP contribution is 2.23. The van der Waals surface area contributed by atoms with Crippen molar-refractivity contribution in [1.82, 2.24) is 10.2 Å². The van der Waals surface area contributed by atoms with Crippen LogP contribution in [0.3, 0.4) is 0 Å². The monoisotopic (exact) mass is 324 g/mol. The predicted octanol–water partition coefficient (Wildman–Crippen LogP) is 2.20. The number of hydrogen-bond acceptors (Lipinski definition) is 4. The van der Waals surface area contributed by atoms with E-state index in [1.165, 1.54) is 6.92 Å². The van der Waals surface area contributed by atoms with Crippen LogP contribution in [-0.4, -0.2) is 43.0 Å². The van der Waals surface area contributed by atoms with Crippen LogP contribution in [0.2, 0.25) is 0 Å². The number of amides is 2. The molecule has 2 rings (SSSR count). The van der Waals surface area contributed by atoms with E-state index in [1.54, 1.807) is 11.3 Å². The molecule has 1 fully saturated rings. The van der Waals surface area contributed by atoms with Gasteiger partial charge in [0.1, 0.15) is 0 Å². The van der Waals surface area contributed by atoms with E-state index < -0.39 is 0 Å². The third kappa shape index (κ3) is 4.81. The third-order valence-electron chi connectivity index (χ3n) is 3.88. The molecule has 6 heteroatoms. The van der Waals surface area contributed by atoms with Gasteiger partial charge >= 0.3 is 0 Å². The molecule has 0 aliphatic carbocycles. The van der Waals surface area contributed by atoms with E-state index in [1.807, 2.05) is 29.3 Å². The molecule has 1 saturated heterocycles. The summed E-state index contributed by atoms with van der Waals surface area (Å²) in [4.78, 5) is 26.9. The topological polar surface area (TPSA) is 58.6 Å². The Morgan fingerprint density at radius 3 is 2.91 bits per heavy atom. The van der Waals surface area contributed by atoms with Crippen molar-refractivity contribution in [3.63, 3.8) is 0 Å². The number of hydrogen-bond donors (Lipinski definition) is 1. The van der Waals surface area contributed by atoms with Crippen molar-refractivity contribution in [3.05, 3.63) is 22.4 Å². The van der Waals surface area contributed by atoms with Crippen LogP contribution in [0.1, 0.15) is 37.6 Å². The maximum atomic E-state index is 12.6. The van der Waals surface area contributed by atoms with Crippen molar-refractivity contribution in [3.8, 4) is 0 Å². The molecule has 2 atom stereocenters. The molecule has 22 heavy (non-hydrogen) atoms. The molecule has 5 nitrogen and oxygen atoms in total. The Morgan fingerprint density at radius 2 is 2.36 bits per heavy atom. The lowest BCUT2D eigenvalue weighted by molar-refractivity contribution is -0.132. The maximum Gasteiger partial charge on any atom is 0.225 e. The Morgan fingerprint density at radius 1 is 1.55 bits per heavy atom. The van der Waals surface area contributed by atoms with Gasteiger partial charge in [0, 0.05) is 37.4 Å². The molecular formula is C16H24N2O3S. The number of rotatable bonds is 7. The van der Waals surface area contributed by atoms with Gasteiger partial charge in [0.15, 0.2) is 0 Å². The zero-order valence-corrected chi connectivity index (χ0v) is 14.0. The van der Waals surface area contributed by atoms with E-state index >= 15 is 0 Å². The zero-order chi connectivity index (χ0) is 15.9. The Labute approximate surface area is 135 Å². The molecule has 0 spiro atoms. The van der Waals surface area contributed by atoms with E-state index in [0.29, 0.717) is 18.9 Å². The van der Waals surface area contributed by atoms with Crippen molar-refractivity contribution in [2.24, 2.45) is 5.92 Å². The van der Waals surface area contributed by atoms with Crippen molar-refractivity contribution in [2.75, 3.05) is 26.3 Å². The van der Waals surface area contributed by atoms with Crippen LogP contribution in [-0.2, 0) is 14.3 Å². The first-order valence-electron chi connectivity index (χ1n) is 7.76. The zero-order valence-electron chi connectivity index (χ0n) is 13.2. The van der Waals surface area contributed by atoms with Crippen LogP contribution in [0.5, 0.6) is 0 Å². The fraction of sp³-hybridized carbons (Fsp3) is 0.625. The SMILES string of the molecule is CCN(C[C@@H]1CCOC1)C(=O)C[C@H](NC(C)=O)c1cccs1. The summed E-state index contributed by atoms with van der Waals surface area (Å²) in [6, 6.07) is 3.66. The fourth-order valence-electron chi connectivity index (χ4n) is 2.71. The van der Waals surface area contributed by atoms with Crippen molar-refractivity contribution >= 4 is 23.2 Å². The van der Waals surface area contributed by atoms with Gasteiger partial charge in [0.05, 0.1) is 19.1 Å². The van der Waals surface area contributed by atoms with Crippen molar-refractivity contribution < 1.29 is 14.3 Å². The van der Waals surface area contributed by atoms with E-state index in [4.69, 9.17) is 4.74 Å². The van der Waals surface area contributed by atoms with Crippen LogP contribution in [0.25, 0.3) is 0 Å². The van der Waals surface area contributed by atoms with Gasteiger partial charge in [0.25, 0.3) is 0 Å². The van der Waals surface area contributed by atoms with E-state index in [2.05, 4.69) is 5.32 Å². The molecule has 1 aliphatic rings. The van der Waals surface area contributed by atoms with E-state index in [9.17, 15) is 9.59 Å². The number of thiophene rings is 1. The maximum absolute atomic E-state index is 12.6. The first kappa shape index (κ1) is 17.0. The first-order valence-corrected chi connectivity index (χ1v) is 8.64. The van der Waals surface area contributed by atoms with E-state index in [-0.39, 0.29) is 17.9 Å². The van der Waals surface area contributed by atoms with Gasteiger partial charge in [-0.2, -0.15) is 0 Å². The normalized spacial score (nSPS) is 18.9. The number of nitrogens with zero attached hydrogens (tertiary/aromatic N) is 1. The molecule has 0 radical (unpaired) electrons. The molecule has 0 aromatic carbocycles. The van der Waals surface area contributed by atoms with Crippen molar-refractivity contribution in [1.29, 1.82) is 0 Å². The smallest absolute Gasteiger partial charge is 0.225 e. The average Bonchev–Trinajstić information content (AvgIpc) is 3.16. The van der Waals surface area contributed by atoms with Crippen molar-refractivity contribution in [2.45, 2.75) is 32.7 Å². The highest BCUT2D eigenvalue weighted by atomic mass is 32.1. The van der Waals surface area contributed by atoms with Crippen LogP contribution >= 0.6 is 11.3 Å². The van der Waals surface area contributed by atoms with Crippen LogP contribution < -0.4 is 5.32 Å². The molecule has 1 aromatic rings. The summed E-state index contributed by atoms with van der Waals surface area (Å²) < 4.78 is 5.38. The Balaban J connectivity index is 1.97. The Hall–Kier alpha value is -1.40. The Bertz CT molecular complexity index is 484. The summed E-state index contributed by atoms with van der Waals surface area (Å²) in [6.45, 7) is 6.44. The lowest BCUT2D eigenvalue weighted by Crippen LogP contribution is -2.38. The van der Waals surface area contributed by atoms with Gasteiger partial charge in [-0.15, -0.1) is 11.3 Å². The molecule has 1 aromatic heterocycles. The predicted molar refractivity (Wildman–Crippen MR) is 86.7 cm³/mol. The minimum absolute atomic E-state index is 0.0848. The van der Waals surface area contributed by atoms with Gasteiger partial charge in [-0.1, -0.05) is 6.07 Å². The standard InChI is InChI=1S/C16H24N2O3S/c1-3-18(10-13-6-7-21-11-13)16(20)9-14(17-12(2)19)15-5-4-8-22-15/h4-5,8,13-14H,3,6-7,9-11H2,1-2H3,(H,17,19)/t13-,14-/m0/s1. The van der Waals surface area contributed by atoms with Crippen LogP contribution in [0.4, 0.5) is 0 Å². The molecule has 1 aliphatic heterocycles. The minimum atomic E-state index is -0.237. The summed E-state index contributed by atoms with van der Waals surface area (Å²) in [6.07, 6.45) is 1.32. The quantitative estimate of drug-likeness (QED) is 0.836. The molecule has 2 heterocycles. The first-order chi connectivity index (χ1) is 10.6. The lowest BCUT2D eigenvalue weighted by Gasteiger charge is -2.26. The lowest BCUT2D eigenvalue weighted by atomic mass is 10.1. The molecule has 1 N–H and O–H groups in total. The summed E-state index contributed by atoms with van der Waals surface area (Å²) in [5, 5.41) is 4.85. The number of nitrogens with one attached hydrogen (secondary N) is 1. The summed E-state index contributed by atoms with van der Waals surface area (Å²) in [5.41, 5.74) is 0. The summed E-state index contributed by atoms with van der Waals surface area (Å²) in [5.74, 6) is 0.407. The van der Waals surface area contributed by atoms with Crippen LogP contribution in [0, 0.1) is 5.92 Å². The molecular weight excluding hydrogens is 300 g/mol. The number of carbonyl (C=O) groups excluding carboxylic acids is 2. The second-order valence-corrected chi connectivity index (χ2v) is 6.61. The summed E-state index contributed by atoms with van der Waals surface area (Å²) >= 11 is 1.56. The number of carbonyl (C=O) groups is 2. The van der Waals surface area contributed by atoms with Gasteiger partial charge < -0.3 is 15.0 Å². The van der Waals surface area contributed by atoms with Gasteiger partial charge in [-0.3, -0.25) is 9.59 Å². The van der Waals surface area contributed by atoms with Crippen LogP contribution in [0.15, 0.2) is 17.5 Å². The van der Waals surface area contributed by atoms with Gasteiger partial charge in [0.2, 0.25) is 11.8 Å². The second-order valence-electron chi connectivity index (χ2n) is 5.63.